The summed E-state index contributed by atoms with van der Waals surface area (Å²) in [5.41, 5.74) is 6.73. The van der Waals surface area contributed by atoms with Gasteiger partial charge in [0.2, 0.25) is 0 Å². The van der Waals surface area contributed by atoms with Crippen molar-refractivity contribution in [3.05, 3.63) is 24.3 Å². The fraction of sp³-hybridized carbons (Fsp3) is 0.333. The second kappa shape index (κ2) is 7.16. The lowest BCUT2D eigenvalue weighted by molar-refractivity contribution is -0.137. The van der Waals surface area contributed by atoms with Crippen LogP contribution in [0.5, 0.6) is 0 Å². The molecule has 6 nitrogen and oxygen atoms in total. The maximum absolute atomic E-state index is 11.5. The molecule has 0 spiro atoms. The smallest absolute Gasteiger partial charge is 0.319 e. The number of benzene rings is 1. The second-order valence-corrected chi connectivity index (χ2v) is 3.82. The van der Waals surface area contributed by atoms with E-state index >= 15 is 0 Å². The number of para-hydroxylation sites is 2. The summed E-state index contributed by atoms with van der Waals surface area (Å²) in [6.45, 7) is 0.436. The number of aliphatic carboxylic acids is 1. The molecule has 0 fully saturated rings. The zero-order valence-electron chi connectivity index (χ0n) is 9.98. The Hall–Kier alpha value is -2.24. The Labute approximate surface area is 105 Å². The van der Waals surface area contributed by atoms with Gasteiger partial charge in [-0.25, -0.2) is 4.79 Å². The van der Waals surface area contributed by atoms with E-state index < -0.39 is 5.97 Å². The maximum Gasteiger partial charge on any atom is 0.319 e. The van der Waals surface area contributed by atoms with E-state index in [9.17, 15) is 9.59 Å². The fourth-order valence-electron chi connectivity index (χ4n) is 1.38. The number of carboxylic acid groups (broad SMARTS) is 1. The van der Waals surface area contributed by atoms with Crippen LogP contribution in [0.2, 0.25) is 0 Å². The predicted octanol–water partition coefficient (Wildman–Crippen LogP) is 1.65. The normalized spacial score (nSPS) is 9.78. The third kappa shape index (κ3) is 5.20. The fourth-order valence-corrected chi connectivity index (χ4v) is 1.38. The highest BCUT2D eigenvalue weighted by atomic mass is 16.4. The van der Waals surface area contributed by atoms with Crippen LogP contribution in [0.25, 0.3) is 0 Å². The Morgan fingerprint density at radius 2 is 1.94 bits per heavy atom. The van der Waals surface area contributed by atoms with Crippen LogP contribution in [-0.2, 0) is 4.79 Å². The van der Waals surface area contributed by atoms with Crippen molar-refractivity contribution in [1.29, 1.82) is 0 Å². The van der Waals surface area contributed by atoms with Crippen molar-refractivity contribution >= 4 is 23.4 Å². The van der Waals surface area contributed by atoms with Crippen molar-refractivity contribution in [3.8, 4) is 0 Å². The number of nitrogens with two attached hydrogens (primary N) is 1. The van der Waals surface area contributed by atoms with Crippen LogP contribution >= 0.6 is 0 Å². The van der Waals surface area contributed by atoms with Crippen molar-refractivity contribution in [2.24, 2.45) is 0 Å². The largest absolute Gasteiger partial charge is 0.481 e. The number of hydrogen-bond acceptors (Lipinski definition) is 3. The summed E-state index contributed by atoms with van der Waals surface area (Å²) in [4.78, 5) is 21.7. The van der Waals surface area contributed by atoms with E-state index in [4.69, 9.17) is 10.8 Å². The first-order valence-electron chi connectivity index (χ1n) is 5.70. The molecular weight excluding hydrogens is 234 g/mol. The summed E-state index contributed by atoms with van der Waals surface area (Å²) in [5, 5.41) is 13.7. The molecule has 0 aliphatic rings. The minimum atomic E-state index is -0.823. The van der Waals surface area contributed by atoms with Gasteiger partial charge in [-0.05, 0) is 25.0 Å². The number of urea groups is 1. The van der Waals surface area contributed by atoms with Crippen LogP contribution in [-0.4, -0.2) is 23.7 Å². The van der Waals surface area contributed by atoms with Gasteiger partial charge in [-0.1, -0.05) is 12.1 Å². The summed E-state index contributed by atoms with van der Waals surface area (Å²) in [7, 11) is 0. The molecule has 6 heteroatoms. The first kappa shape index (κ1) is 13.8. The van der Waals surface area contributed by atoms with E-state index in [-0.39, 0.29) is 12.5 Å². The summed E-state index contributed by atoms with van der Waals surface area (Å²) >= 11 is 0. The first-order valence-corrected chi connectivity index (χ1v) is 5.70. The first-order chi connectivity index (χ1) is 8.59. The molecule has 0 saturated heterocycles. The third-order valence-corrected chi connectivity index (χ3v) is 2.31. The van der Waals surface area contributed by atoms with Crippen LogP contribution in [0.15, 0.2) is 24.3 Å². The topological polar surface area (TPSA) is 104 Å². The summed E-state index contributed by atoms with van der Waals surface area (Å²) in [5.74, 6) is -0.823. The average Bonchev–Trinajstić information content (AvgIpc) is 2.31. The quantitative estimate of drug-likeness (QED) is 0.455. The van der Waals surface area contributed by atoms with E-state index in [0.29, 0.717) is 30.8 Å². The number of carbonyl (C=O) groups excluding carboxylic acids is 1. The number of unbranched alkanes of at least 4 members (excludes halogenated alkanes) is 1. The van der Waals surface area contributed by atoms with Gasteiger partial charge < -0.3 is 21.5 Å². The van der Waals surface area contributed by atoms with Crippen LogP contribution in [0.3, 0.4) is 0 Å². The minimum absolute atomic E-state index is 0.120. The SMILES string of the molecule is Nc1ccccc1NC(=O)NCCCCC(=O)O. The average molecular weight is 251 g/mol. The number of nitrogen functional groups attached to an aromatic ring is 1. The van der Waals surface area contributed by atoms with Gasteiger partial charge in [0.15, 0.2) is 0 Å². The molecule has 0 bridgehead atoms. The van der Waals surface area contributed by atoms with Gasteiger partial charge in [-0.15, -0.1) is 0 Å². The van der Waals surface area contributed by atoms with Gasteiger partial charge in [0, 0.05) is 13.0 Å². The molecule has 1 aromatic rings. The monoisotopic (exact) mass is 251 g/mol. The molecule has 5 N–H and O–H groups in total. The molecular formula is C12H17N3O3. The molecule has 0 heterocycles. The van der Waals surface area contributed by atoms with E-state index in [1.54, 1.807) is 24.3 Å². The van der Waals surface area contributed by atoms with Gasteiger partial charge in [-0.3, -0.25) is 4.79 Å². The standard InChI is InChI=1S/C12H17N3O3/c13-9-5-1-2-6-10(9)15-12(18)14-8-4-3-7-11(16)17/h1-2,5-6H,3-4,7-8,13H2,(H,16,17)(H2,14,15,18). The number of amides is 2. The molecule has 1 aromatic carbocycles. The summed E-state index contributed by atoms with van der Waals surface area (Å²) in [6.07, 6.45) is 1.29. The minimum Gasteiger partial charge on any atom is -0.481 e. The van der Waals surface area contributed by atoms with E-state index in [1.807, 2.05) is 0 Å². The van der Waals surface area contributed by atoms with E-state index in [2.05, 4.69) is 10.6 Å². The lowest BCUT2D eigenvalue weighted by Gasteiger charge is -2.09. The van der Waals surface area contributed by atoms with Crippen LogP contribution in [0, 0.1) is 0 Å². The second-order valence-electron chi connectivity index (χ2n) is 3.82. The molecule has 2 amide bonds. The molecule has 0 aromatic heterocycles. The Kier molecular flexibility index (Phi) is 5.50. The van der Waals surface area contributed by atoms with Crippen molar-refractivity contribution < 1.29 is 14.7 Å². The number of anilines is 2. The number of hydrogen-bond donors (Lipinski definition) is 4. The lowest BCUT2D eigenvalue weighted by Crippen LogP contribution is -2.29. The molecule has 18 heavy (non-hydrogen) atoms. The molecule has 0 aliphatic carbocycles. The molecule has 1 rings (SSSR count). The highest BCUT2D eigenvalue weighted by Crippen LogP contribution is 2.16. The molecule has 98 valence electrons. The predicted molar refractivity (Wildman–Crippen MR) is 69.4 cm³/mol. The van der Waals surface area contributed by atoms with Gasteiger partial charge in [0.25, 0.3) is 0 Å². The Morgan fingerprint density at radius 1 is 1.22 bits per heavy atom. The summed E-state index contributed by atoms with van der Waals surface area (Å²) in [6, 6.07) is 6.62. The molecule has 0 radical (unpaired) electrons. The van der Waals surface area contributed by atoms with Crippen molar-refractivity contribution in [2.45, 2.75) is 19.3 Å². The van der Waals surface area contributed by atoms with Crippen molar-refractivity contribution in [3.63, 3.8) is 0 Å². The van der Waals surface area contributed by atoms with Crippen LogP contribution in [0.4, 0.5) is 16.2 Å². The Bertz CT molecular complexity index is 421. The highest BCUT2D eigenvalue weighted by molar-refractivity contribution is 5.92. The van der Waals surface area contributed by atoms with Crippen LogP contribution < -0.4 is 16.4 Å². The summed E-state index contributed by atoms with van der Waals surface area (Å²) < 4.78 is 0. The zero-order chi connectivity index (χ0) is 13.4. The Balaban J connectivity index is 2.22. The number of rotatable bonds is 6. The zero-order valence-corrected chi connectivity index (χ0v) is 9.98. The lowest BCUT2D eigenvalue weighted by atomic mass is 10.2. The van der Waals surface area contributed by atoms with Gasteiger partial charge >= 0.3 is 12.0 Å². The van der Waals surface area contributed by atoms with Crippen molar-refractivity contribution in [1.82, 2.24) is 5.32 Å². The molecule has 0 atom stereocenters. The third-order valence-electron chi connectivity index (χ3n) is 2.31. The van der Waals surface area contributed by atoms with Crippen molar-refractivity contribution in [2.75, 3.05) is 17.6 Å². The molecule has 0 aliphatic heterocycles. The van der Waals surface area contributed by atoms with E-state index in [1.165, 1.54) is 0 Å². The maximum atomic E-state index is 11.5. The number of carbonyl (C=O) groups is 2. The number of carboxylic acids is 1. The van der Waals surface area contributed by atoms with Gasteiger partial charge in [0.05, 0.1) is 11.4 Å². The van der Waals surface area contributed by atoms with E-state index in [0.717, 1.165) is 0 Å². The highest BCUT2D eigenvalue weighted by Gasteiger charge is 2.03. The molecule has 0 saturated carbocycles. The van der Waals surface area contributed by atoms with Gasteiger partial charge in [0.1, 0.15) is 0 Å². The number of nitrogens with one attached hydrogen (secondary N) is 2. The Morgan fingerprint density at radius 3 is 2.61 bits per heavy atom. The molecule has 0 unspecified atom stereocenters. The van der Waals surface area contributed by atoms with Gasteiger partial charge in [-0.2, -0.15) is 0 Å². The van der Waals surface area contributed by atoms with Crippen LogP contribution in [0.1, 0.15) is 19.3 Å².